The molecule has 0 unspecified atom stereocenters. The summed E-state index contributed by atoms with van der Waals surface area (Å²) < 4.78 is 6.99. The first-order chi connectivity index (χ1) is 13.9. The van der Waals surface area contributed by atoms with Crippen LogP contribution in [0.15, 0.2) is 36.4 Å². The van der Waals surface area contributed by atoms with Crippen molar-refractivity contribution in [3.63, 3.8) is 0 Å². The van der Waals surface area contributed by atoms with Gasteiger partial charge in [-0.05, 0) is 59.7 Å². The van der Waals surface area contributed by atoms with E-state index in [4.69, 9.17) is 4.43 Å². The van der Waals surface area contributed by atoms with Crippen LogP contribution in [0.25, 0.3) is 6.08 Å². The standard InChI is InChI=1S/C26H40OSi3/c1-10-30(11-2,23-17-13-15-21-14-12-16-22(21)23)25-19-20(3)18-24(28(4,5)6)26(25)27-29(7,8)9/h12-13,15-19H,10-11,14H2,1-9H3. The lowest BCUT2D eigenvalue weighted by atomic mass is 10.1. The summed E-state index contributed by atoms with van der Waals surface area (Å²) in [5.74, 6) is 1.27. The van der Waals surface area contributed by atoms with Gasteiger partial charge in [-0.1, -0.05) is 93.6 Å². The summed E-state index contributed by atoms with van der Waals surface area (Å²) >= 11 is 0. The maximum atomic E-state index is 6.99. The van der Waals surface area contributed by atoms with E-state index in [1.54, 1.807) is 10.4 Å². The fourth-order valence-electron chi connectivity index (χ4n) is 4.97. The number of aryl methyl sites for hydroxylation is 1. The Bertz CT molecular complexity index is 957. The maximum absolute atomic E-state index is 6.99. The van der Waals surface area contributed by atoms with E-state index >= 15 is 0 Å². The predicted octanol–water partition coefficient (Wildman–Crippen LogP) is 5.93. The van der Waals surface area contributed by atoms with Crippen LogP contribution in [0.2, 0.25) is 51.4 Å². The van der Waals surface area contributed by atoms with Crippen LogP contribution in [-0.4, -0.2) is 24.5 Å². The first kappa shape index (κ1) is 23.3. The zero-order chi connectivity index (χ0) is 22.3. The van der Waals surface area contributed by atoms with Gasteiger partial charge in [-0.2, -0.15) is 0 Å². The summed E-state index contributed by atoms with van der Waals surface area (Å²) in [4.78, 5) is 0. The quantitative estimate of drug-likeness (QED) is 0.473. The Kier molecular flexibility index (Phi) is 6.43. The number of rotatable bonds is 7. The summed E-state index contributed by atoms with van der Waals surface area (Å²) in [5, 5.41) is 4.69. The van der Waals surface area contributed by atoms with Crippen molar-refractivity contribution in [3.05, 3.63) is 53.1 Å². The third-order valence-corrected chi connectivity index (χ3v) is 14.6. The molecule has 1 aliphatic rings. The summed E-state index contributed by atoms with van der Waals surface area (Å²) in [5.41, 5.74) is 4.40. The Morgan fingerprint density at radius 3 is 2.07 bits per heavy atom. The molecule has 0 heterocycles. The van der Waals surface area contributed by atoms with Gasteiger partial charge in [0.25, 0.3) is 0 Å². The van der Waals surface area contributed by atoms with Gasteiger partial charge in [-0.3, -0.25) is 0 Å². The van der Waals surface area contributed by atoms with Crippen molar-refractivity contribution >= 4 is 46.1 Å². The molecule has 30 heavy (non-hydrogen) atoms. The number of fused-ring (bicyclic) bond motifs is 1. The summed E-state index contributed by atoms with van der Waals surface area (Å²) in [6, 6.07) is 14.4. The molecule has 0 radical (unpaired) electrons. The van der Waals surface area contributed by atoms with E-state index in [-0.39, 0.29) is 0 Å². The van der Waals surface area contributed by atoms with Gasteiger partial charge in [0, 0.05) is 0 Å². The Morgan fingerprint density at radius 1 is 0.867 bits per heavy atom. The van der Waals surface area contributed by atoms with Crippen LogP contribution in [0.4, 0.5) is 0 Å². The van der Waals surface area contributed by atoms with Crippen LogP contribution in [0, 0.1) is 6.92 Å². The Morgan fingerprint density at radius 2 is 1.50 bits per heavy atom. The van der Waals surface area contributed by atoms with E-state index in [2.05, 4.69) is 103 Å². The fraction of sp³-hybridized carbons (Fsp3) is 0.462. The lowest BCUT2D eigenvalue weighted by Gasteiger charge is -2.38. The second-order valence-corrected chi connectivity index (χ2v) is 25.1. The van der Waals surface area contributed by atoms with E-state index in [0.717, 1.165) is 6.42 Å². The lowest BCUT2D eigenvalue weighted by Crippen LogP contribution is -2.61. The van der Waals surface area contributed by atoms with Crippen molar-refractivity contribution in [2.75, 3.05) is 0 Å². The molecular weight excluding hydrogens is 413 g/mol. The Balaban J connectivity index is 2.40. The van der Waals surface area contributed by atoms with Crippen LogP contribution in [-0.2, 0) is 6.42 Å². The topological polar surface area (TPSA) is 9.23 Å². The molecule has 4 heteroatoms. The van der Waals surface area contributed by atoms with Gasteiger partial charge in [0.2, 0.25) is 8.32 Å². The average molecular weight is 453 g/mol. The molecule has 3 rings (SSSR count). The van der Waals surface area contributed by atoms with Crippen molar-refractivity contribution in [2.24, 2.45) is 0 Å². The molecule has 0 aliphatic heterocycles. The number of hydrogen-bond acceptors (Lipinski definition) is 1. The first-order valence-corrected chi connectivity index (χ1v) is 20.9. The molecule has 0 amide bonds. The van der Waals surface area contributed by atoms with Gasteiger partial charge in [0.05, 0.1) is 8.07 Å². The summed E-state index contributed by atoms with van der Waals surface area (Å²) in [6.45, 7) is 21.5. The largest absolute Gasteiger partial charge is 0.544 e. The number of benzene rings is 2. The average Bonchev–Trinajstić information content (AvgIpc) is 3.12. The minimum absolute atomic E-state index is 1.08. The van der Waals surface area contributed by atoms with Crippen molar-refractivity contribution in [1.82, 2.24) is 0 Å². The summed E-state index contributed by atoms with van der Waals surface area (Å²) in [7, 11) is -5.28. The Hall–Kier alpha value is -1.37. The molecule has 1 nitrogen and oxygen atoms in total. The highest BCUT2D eigenvalue weighted by Crippen LogP contribution is 2.29. The van der Waals surface area contributed by atoms with Crippen LogP contribution in [0.3, 0.4) is 0 Å². The minimum atomic E-state index is -1.97. The third kappa shape index (κ3) is 4.32. The molecule has 0 fully saturated rings. The second kappa shape index (κ2) is 8.29. The molecule has 0 aromatic heterocycles. The van der Waals surface area contributed by atoms with Crippen LogP contribution >= 0.6 is 0 Å². The van der Waals surface area contributed by atoms with E-state index in [9.17, 15) is 0 Å². The molecule has 2 aromatic carbocycles. The monoisotopic (exact) mass is 452 g/mol. The van der Waals surface area contributed by atoms with Crippen LogP contribution in [0.1, 0.15) is 30.5 Å². The number of allylic oxidation sites excluding steroid dienone is 1. The zero-order valence-electron chi connectivity index (χ0n) is 20.6. The SMILES string of the molecule is CC[Si](CC)(c1cccc2c1C=CC2)c1cc(C)cc([Si](C)(C)C)c1O[Si](C)(C)C. The predicted molar refractivity (Wildman–Crippen MR) is 143 cm³/mol. The molecule has 0 bridgehead atoms. The molecule has 0 N–H and O–H groups in total. The lowest BCUT2D eigenvalue weighted by molar-refractivity contribution is 0.565. The van der Waals surface area contributed by atoms with Crippen LogP contribution < -0.4 is 20.0 Å². The van der Waals surface area contributed by atoms with Gasteiger partial charge >= 0.3 is 0 Å². The molecule has 162 valence electrons. The fourth-order valence-corrected chi connectivity index (χ4v) is 12.3. The minimum Gasteiger partial charge on any atom is -0.544 e. The highest BCUT2D eigenvalue weighted by atomic mass is 28.4. The van der Waals surface area contributed by atoms with Gasteiger partial charge < -0.3 is 4.43 Å². The van der Waals surface area contributed by atoms with E-state index < -0.39 is 24.5 Å². The van der Waals surface area contributed by atoms with Gasteiger partial charge in [-0.15, -0.1) is 0 Å². The van der Waals surface area contributed by atoms with E-state index in [1.807, 2.05) is 0 Å². The Labute approximate surface area is 187 Å². The van der Waals surface area contributed by atoms with Crippen molar-refractivity contribution in [3.8, 4) is 5.75 Å². The third-order valence-electron chi connectivity index (χ3n) is 6.51. The highest BCUT2D eigenvalue weighted by Gasteiger charge is 2.41. The van der Waals surface area contributed by atoms with Gasteiger partial charge in [0.15, 0.2) is 0 Å². The molecule has 0 spiro atoms. The summed E-state index contributed by atoms with van der Waals surface area (Å²) in [6.07, 6.45) is 5.79. The molecular formula is C26H40OSi3. The maximum Gasteiger partial charge on any atom is 0.242 e. The van der Waals surface area contributed by atoms with E-state index in [0.29, 0.717) is 0 Å². The van der Waals surface area contributed by atoms with Gasteiger partial charge in [-0.25, -0.2) is 0 Å². The van der Waals surface area contributed by atoms with Crippen LogP contribution in [0.5, 0.6) is 5.75 Å². The molecule has 1 aliphatic carbocycles. The molecule has 0 saturated heterocycles. The van der Waals surface area contributed by atoms with Crippen molar-refractivity contribution < 1.29 is 4.43 Å². The van der Waals surface area contributed by atoms with Gasteiger partial charge in [0.1, 0.15) is 13.8 Å². The van der Waals surface area contributed by atoms with Crippen molar-refractivity contribution in [1.29, 1.82) is 0 Å². The molecule has 0 atom stereocenters. The second-order valence-electron chi connectivity index (χ2n) is 10.9. The molecule has 2 aromatic rings. The first-order valence-electron chi connectivity index (χ1n) is 11.6. The normalized spacial score (nSPS) is 14.2. The molecule has 0 saturated carbocycles. The zero-order valence-corrected chi connectivity index (χ0v) is 23.6. The highest BCUT2D eigenvalue weighted by molar-refractivity contribution is 7.03. The smallest absolute Gasteiger partial charge is 0.242 e. The van der Waals surface area contributed by atoms with E-state index in [1.165, 1.54) is 39.7 Å². The number of hydrogen-bond donors (Lipinski definition) is 0. The van der Waals surface area contributed by atoms with Crippen molar-refractivity contribution in [2.45, 2.75) is 78.6 Å².